The summed E-state index contributed by atoms with van der Waals surface area (Å²) in [6.45, 7) is 2.29. The van der Waals surface area contributed by atoms with Crippen LogP contribution in [0, 0.1) is 0 Å². The van der Waals surface area contributed by atoms with E-state index >= 15 is 0 Å². The van der Waals surface area contributed by atoms with E-state index in [0.717, 1.165) is 0 Å². The molecule has 1 atom stereocenters. The molecule has 7 nitrogen and oxygen atoms in total. The van der Waals surface area contributed by atoms with Crippen molar-refractivity contribution >= 4 is 5.91 Å². The third-order valence-corrected chi connectivity index (χ3v) is 2.25. The van der Waals surface area contributed by atoms with Crippen LogP contribution in [0.1, 0.15) is 23.4 Å². The predicted octanol–water partition coefficient (Wildman–Crippen LogP) is -0.554. The monoisotopic (exact) mass is 242 g/mol. The van der Waals surface area contributed by atoms with Gasteiger partial charge in [0.25, 0.3) is 5.91 Å². The minimum atomic E-state index is -0.710. The summed E-state index contributed by atoms with van der Waals surface area (Å²) in [6, 6.07) is 0. The number of aliphatic hydroxyl groups excluding tert-OH is 1. The zero-order chi connectivity index (χ0) is 12.8. The van der Waals surface area contributed by atoms with Gasteiger partial charge in [0.1, 0.15) is 5.82 Å². The van der Waals surface area contributed by atoms with Crippen LogP contribution in [-0.2, 0) is 11.2 Å². The zero-order valence-corrected chi connectivity index (χ0v) is 10.3. The molecular weight excluding hydrogens is 224 g/mol. The highest BCUT2D eigenvalue weighted by atomic mass is 16.5. The van der Waals surface area contributed by atoms with Crippen molar-refractivity contribution < 1.29 is 14.6 Å². The van der Waals surface area contributed by atoms with E-state index in [4.69, 9.17) is 4.74 Å². The Kier molecular flexibility index (Phi) is 5.05. The van der Waals surface area contributed by atoms with Crippen LogP contribution < -0.4 is 0 Å². The Labute approximate surface area is 99.8 Å². The molecule has 0 saturated heterocycles. The van der Waals surface area contributed by atoms with Gasteiger partial charge < -0.3 is 14.7 Å². The molecule has 1 heterocycles. The number of nitrogens with one attached hydrogen (secondary N) is 1. The number of methoxy groups -OCH3 is 1. The number of aliphatic hydroxyl groups is 1. The minimum Gasteiger partial charge on any atom is -0.389 e. The average Bonchev–Trinajstić information content (AvgIpc) is 2.76. The predicted molar refractivity (Wildman–Crippen MR) is 60.6 cm³/mol. The van der Waals surface area contributed by atoms with Gasteiger partial charge in [0.15, 0.2) is 0 Å². The van der Waals surface area contributed by atoms with E-state index in [1.165, 1.54) is 12.0 Å². The van der Waals surface area contributed by atoms with Gasteiger partial charge in [0.2, 0.25) is 5.82 Å². The second kappa shape index (κ2) is 6.31. The van der Waals surface area contributed by atoms with Crippen molar-refractivity contribution in [3.05, 3.63) is 11.6 Å². The maximum atomic E-state index is 11.8. The van der Waals surface area contributed by atoms with Crippen LogP contribution in [0.15, 0.2) is 0 Å². The van der Waals surface area contributed by atoms with Gasteiger partial charge in [0, 0.05) is 27.1 Å². The third-order valence-electron chi connectivity index (χ3n) is 2.25. The number of ether oxygens (including phenoxy) is 1. The number of rotatable bonds is 6. The Hall–Kier alpha value is -1.47. The smallest absolute Gasteiger partial charge is 0.293 e. The third kappa shape index (κ3) is 3.79. The van der Waals surface area contributed by atoms with Crippen molar-refractivity contribution in [3.8, 4) is 0 Å². The fourth-order valence-electron chi connectivity index (χ4n) is 1.36. The molecule has 0 bridgehead atoms. The first-order chi connectivity index (χ1) is 8.08. The van der Waals surface area contributed by atoms with Crippen LogP contribution in [0.3, 0.4) is 0 Å². The minimum absolute atomic E-state index is 0.119. The van der Waals surface area contributed by atoms with Crippen LogP contribution in [0.25, 0.3) is 0 Å². The van der Waals surface area contributed by atoms with Crippen LogP contribution in [0.4, 0.5) is 0 Å². The molecule has 17 heavy (non-hydrogen) atoms. The van der Waals surface area contributed by atoms with Crippen molar-refractivity contribution in [1.29, 1.82) is 0 Å². The quantitative estimate of drug-likeness (QED) is 0.698. The van der Waals surface area contributed by atoms with E-state index in [-0.39, 0.29) is 24.9 Å². The molecule has 0 fully saturated rings. The number of aromatic amines is 1. The lowest BCUT2D eigenvalue weighted by molar-refractivity contribution is 0.0375. The number of amides is 1. The number of nitrogens with zero attached hydrogens (tertiary/aromatic N) is 3. The Bertz CT molecular complexity index is 366. The maximum absolute atomic E-state index is 11.8. The molecule has 0 aliphatic rings. The lowest BCUT2D eigenvalue weighted by Crippen LogP contribution is -2.36. The number of aryl methyl sites for hydroxylation is 1. The topological polar surface area (TPSA) is 91.3 Å². The standard InChI is InChI=1S/C10H18N4O3/c1-4-8-11-9(13-12-8)10(16)14(2)5-7(15)6-17-3/h7,15H,4-6H2,1-3H3,(H,11,12,13). The number of carbonyl (C=O) groups is 1. The second-order valence-electron chi connectivity index (χ2n) is 3.75. The van der Waals surface area contributed by atoms with Gasteiger partial charge in [-0.05, 0) is 0 Å². The lowest BCUT2D eigenvalue weighted by Gasteiger charge is -2.18. The zero-order valence-electron chi connectivity index (χ0n) is 10.3. The summed E-state index contributed by atoms with van der Waals surface area (Å²) in [6.07, 6.45) is -0.0189. The number of H-pyrrole nitrogens is 1. The maximum Gasteiger partial charge on any atom is 0.293 e. The van der Waals surface area contributed by atoms with Crippen LogP contribution in [0.5, 0.6) is 0 Å². The van der Waals surface area contributed by atoms with Crippen LogP contribution in [0.2, 0.25) is 0 Å². The molecular formula is C10H18N4O3. The summed E-state index contributed by atoms with van der Waals surface area (Å²) in [5, 5.41) is 16.0. The van der Waals surface area contributed by atoms with Crippen molar-refractivity contribution in [2.45, 2.75) is 19.4 Å². The summed E-state index contributed by atoms with van der Waals surface area (Å²) < 4.78 is 4.79. The average molecular weight is 242 g/mol. The lowest BCUT2D eigenvalue weighted by atomic mass is 10.3. The number of hydrogen-bond donors (Lipinski definition) is 2. The fourth-order valence-corrected chi connectivity index (χ4v) is 1.36. The number of aromatic nitrogens is 3. The molecule has 0 radical (unpaired) electrons. The fraction of sp³-hybridized carbons (Fsp3) is 0.700. The molecule has 1 unspecified atom stereocenters. The molecule has 0 aromatic carbocycles. The van der Waals surface area contributed by atoms with E-state index in [9.17, 15) is 9.90 Å². The Morgan fingerprint density at radius 2 is 2.35 bits per heavy atom. The van der Waals surface area contributed by atoms with Gasteiger partial charge >= 0.3 is 0 Å². The molecule has 0 aliphatic heterocycles. The molecule has 1 aromatic rings. The number of likely N-dealkylation sites (N-methyl/N-ethyl adjacent to an activating group) is 1. The van der Waals surface area contributed by atoms with Gasteiger partial charge in [-0.1, -0.05) is 6.92 Å². The van der Waals surface area contributed by atoms with E-state index < -0.39 is 6.10 Å². The van der Waals surface area contributed by atoms with Gasteiger partial charge in [-0.15, -0.1) is 5.10 Å². The molecule has 0 aliphatic carbocycles. The van der Waals surface area contributed by atoms with Crippen LogP contribution in [-0.4, -0.2) is 64.5 Å². The second-order valence-corrected chi connectivity index (χ2v) is 3.75. The summed E-state index contributed by atoms with van der Waals surface area (Å²) in [5.41, 5.74) is 0. The summed E-state index contributed by atoms with van der Waals surface area (Å²) in [7, 11) is 3.08. The summed E-state index contributed by atoms with van der Waals surface area (Å²) in [4.78, 5) is 17.2. The Morgan fingerprint density at radius 1 is 1.65 bits per heavy atom. The number of hydrogen-bond acceptors (Lipinski definition) is 5. The molecule has 1 aromatic heterocycles. The molecule has 1 rings (SSSR count). The van der Waals surface area contributed by atoms with Gasteiger partial charge in [0.05, 0.1) is 12.7 Å². The normalized spacial score (nSPS) is 12.5. The largest absolute Gasteiger partial charge is 0.389 e. The van der Waals surface area contributed by atoms with Crippen LogP contribution >= 0.6 is 0 Å². The molecule has 96 valence electrons. The molecule has 0 saturated carbocycles. The highest BCUT2D eigenvalue weighted by Crippen LogP contribution is 2.00. The highest BCUT2D eigenvalue weighted by molar-refractivity contribution is 5.90. The first kappa shape index (κ1) is 13.6. The molecule has 2 N–H and O–H groups in total. The molecule has 1 amide bonds. The Balaban J connectivity index is 2.57. The van der Waals surface area contributed by atoms with Gasteiger partial charge in [-0.3, -0.25) is 9.89 Å². The van der Waals surface area contributed by atoms with E-state index in [0.29, 0.717) is 12.2 Å². The first-order valence-corrected chi connectivity index (χ1v) is 5.42. The van der Waals surface area contributed by atoms with Crippen molar-refractivity contribution in [3.63, 3.8) is 0 Å². The van der Waals surface area contributed by atoms with Crippen molar-refractivity contribution in [2.24, 2.45) is 0 Å². The molecule has 0 spiro atoms. The summed E-state index contributed by atoms with van der Waals surface area (Å²) >= 11 is 0. The van der Waals surface area contributed by atoms with E-state index in [1.54, 1.807) is 7.05 Å². The van der Waals surface area contributed by atoms with Gasteiger partial charge in [-0.25, -0.2) is 4.98 Å². The SMILES string of the molecule is CCc1nc(C(=O)N(C)CC(O)COC)n[nH]1. The van der Waals surface area contributed by atoms with E-state index in [2.05, 4.69) is 15.2 Å². The van der Waals surface area contributed by atoms with Crippen molar-refractivity contribution in [1.82, 2.24) is 20.1 Å². The van der Waals surface area contributed by atoms with E-state index in [1.807, 2.05) is 6.92 Å². The van der Waals surface area contributed by atoms with Gasteiger partial charge in [-0.2, -0.15) is 0 Å². The highest BCUT2D eigenvalue weighted by Gasteiger charge is 2.19. The molecule has 7 heteroatoms. The first-order valence-electron chi connectivity index (χ1n) is 5.42. The summed E-state index contributed by atoms with van der Waals surface area (Å²) in [5.74, 6) is 0.462. The Morgan fingerprint density at radius 3 is 2.88 bits per heavy atom. The number of carbonyl (C=O) groups excluding carboxylic acids is 1. The van der Waals surface area contributed by atoms with Crippen molar-refractivity contribution in [2.75, 3.05) is 27.3 Å².